The molecule has 6 heteroatoms. The monoisotopic (exact) mass is 365 g/mol. The Kier molecular flexibility index (Phi) is 5.41. The van der Waals surface area contributed by atoms with E-state index in [1.807, 2.05) is 28.5 Å². The second-order valence-electron chi connectivity index (χ2n) is 6.36. The van der Waals surface area contributed by atoms with E-state index in [0.29, 0.717) is 30.3 Å². The number of fused-ring (bicyclic) bond motifs is 1. The van der Waals surface area contributed by atoms with Gasteiger partial charge < -0.3 is 10.0 Å². The number of amides is 1. The van der Waals surface area contributed by atoms with Crippen molar-refractivity contribution < 1.29 is 14.7 Å². The quantitative estimate of drug-likeness (QED) is 0.863. The Hall–Kier alpha value is -1.59. The summed E-state index contributed by atoms with van der Waals surface area (Å²) in [5, 5.41) is 12.6. The number of hydrogen-bond acceptors (Lipinski definition) is 3. The van der Waals surface area contributed by atoms with Gasteiger partial charge in [0, 0.05) is 29.2 Å². The standard InChI is InChI=1S/C18H20ClNO3S/c19-14-4-5-16-15(9-14)13(11-24-16)8-17(21)20-7-1-2-12(10-20)3-6-18(22)23/h4-5,9,11-12H,1-3,6-8,10H2,(H,22,23). The molecule has 1 aromatic carbocycles. The third-order valence-electron chi connectivity index (χ3n) is 4.60. The highest BCUT2D eigenvalue weighted by Gasteiger charge is 2.24. The first-order valence-electron chi connectivity index (χ1n) is 8.18. The molecule has 1 atom stereocenters. The van der Waals surface area contributed by atoms with Gasteiger partial charge in [-0.3, -0.25) is 9.59 Å². The number of hydrogen-bond donors (Lipinski definition) is 1. The predicted molar refractivity (Wildman–Crippen MR) is 96.7 cm³/mol. The summed E-state index contributed by atoms with van der Waals surface area (Å²) in [6.45, 7) is 1.44. The van der Waals surface area contributed by atoms with Crippen LogP contribution in [-0.2, 0) is 16.0 Å². The van der Waals surface area contributed by atoms with Crippen LogP contribution >= 0.6 is 22.9 Å². The van der Waals surface area contributed by atoms with Crippen LogP contribution in [0.3, 0.4) is 0 Å². The maximum atomic E-state index is 12.7. The number of piperidine rings is 1. The second-order valence-corrected chi connectivity index (χ2v) is 7.71. The number of carboxylic acid groups (broad SMARTS) is 1. The molecule has 0 radical (unpaired) electrons. The van der Waals surface area contributed by atoms with Gasteiger partial charge in [-0.25, -0.2) is 0 Å². The molecule has 1 aliphatic heterocycles. The first kappa shape index (κ1) is 17.2. The van der Waals surface area contributed by atoms with Crippen molar-refractivity contribution >= 4 is 44.9 Å². The normalized spacial score (nSPS) is 18.0. The van der Waals surface area contributed by atoms with E-state index in [2.05, 4.69) is 0 Å². The molecule has 128 valence electrons. The van der Waals surface area contributed by atoms with Gasteiger partial charge in [0.25, 0.3) is 0 Å². The maximum absolute atomic E-state index is 12.7. The molecule has 1 saturated heterocycles. The van der Waals surface area contributed by atoms with Gasteiger partial charge in [0.2, 0.25) is 5.91 Å². The number of thiophene rings is 1. The van der Waals surface area contributed by atoms with Gasteiger partial charge in [0.05, 0.1) is 6.42 Å². The highest BCUT2D eigenvalue weighted by molar-refractivity contribution is 7.17. The number of halogens is 1. The van der Waals surface area contributed by atoms with Gasteiger partial charge in [-0.2, -0.15) is 0 Å². The van der Waals surface area contributed by atoms with Crippen LogP contribution in [0.15, 0.2) is 23.6 Å². The van der Waals surface area contributed by atoms with Gasteiger partial charge in [0.1, 0.15) is 0 Å². The van der Waals surface area contributed by atoms with Crippen molar-refractivity contribution in [2.75, 3.05) is 13.1 Å². The molecular formula is C18H20ClNO3S. The van der Waals surface area contributed by atoms with Crippen LogP contribution in [0.4, 0.5) is 0 Å². The number of likely N-dealkylation sites (tertiary alicyclic amines) is 1. The summed E-state index contributed by atoms with van der Waals surface area (Å²) in [6, 6.07) is 5.77. The summed E-state index contributed by atoms with van der Waals surface area (Å²) < 4.78 is 1.14. The molecule has 1 aliphatic rings. The summed E-state index contributed by atoms with van der Waals surface area (Å²) in [4.78, 5) is 25.3. The molecule has 1 unspecified atom stereocenters. The molecule has 4 nitrogen and oxygen atoms in total. The van der Waals surface area contributed by atoms with Crippen LogP contribution in [0.1, 0.15) is 31.2 Å². The lowest BCUT2D eigenvalue weighted by molar-refractivity contribution is -0.137. The molecule has 1 aromatic heterocycles. The molecule has 1 fully saturated rings. The van der Waals surface area contributed by atoms with E-state index in [9.17, 15) is 9.59 Å². The lowest BCUT2D eigenvalue weighted by Gasteiger charge is -2.32. The lowest BCUT2D eigenvalue weighted by atomic mass is 9.93. The van der Waals surface area contributed by atoms with E-state index in [1.54, 1.807) is 11.3 Å². The van der Waals surface area contributed by atoms with Gasteiger partial charge >= 0.3 is 5.97 Å². The summed E-state index contributed by atoms with van der Waals surface area (Å²) in [5.41, 5.74) is 1.02. The van der Waals surface area contributed by atoms with E-state index in [4.69, 9.17) is 16.7 Å². The first-order valence-corrected chi connectivity index (χ1v) is 9.44. The number of carboxylic acids is 1. The summed E-state index contributed by atoms with van der Waals surface area (Å²) >= 11 is 7.70. The summed E-state index contributed by atoms with van der Waals surface area (Å²) in [6.07, 6.45) is 3.17. The smallest absolute Gasteiger partial charge is 0.303 e. The van der Waals surface area contributed by atoms with Crippen molar-refractivity contribution in [3.8, 4) is 0 Å². The van der Waals surface area contributed by atoms with E-state index >= 15 is 0 Å². The molecular weight excluding hydrogens is 346 g/mol. The third kappa shape index (κ3) is 4.08. The molecule has 0 saturated carbocycles. The number of carbonyl (C=O) groups excluding carboxylic acids is 1. The molecule has 1 N–H and O–H groups in total. The molecule has 0 aliphatic carbocycles. The zero-order valence-electron chi connectivity index (χ0n) is 13.3. The van der Waals surface area contributed by atoms with Crippen molar-refractivity contribution in [1.82, 2.24) is 4.90 Å². The fourth-order valence-electron chi connectivity index (χ4n) is 3.32. The summed E-state index contributed by atoms with van der Waals surface area (Å²) in [5.74, 6) is -0.345. The molecule has 3 rings (SSSR count). The average Bonchev–Trinajstić information content (AvgIpc) is 2.95. The molecule has 0 spiro atoms. The van der Waals surface area contributed by atoms with Crippen molar-refractivity contribution in [3.05, 3.63) is 34.2 Å². The number of benzene rings is 1. The Morgan fingerprint density at radius 1 is 1.38 bits per heavy atom. The molecule has 0 bridgehead atoms. The number of aliphatic carboxylic acids is 1. The molecule has 24 heavy (non-hydrogen) atoms. The third-order valence-corrected chi connectivity index (χ3v) is 5.84. The number of rotatable bonds is 5. The van der Waals surface area contributed by atoms with Crippen LogP contribution in [-0.4, -0.2) is 35.0 Å². The van der Waals surface area contributed by atoms with Crippen molar-refractivity contribution in [3.63, 3.8) is 0 Å². The largest absolute Gasteiger partial charge is 0.481 e. The highest BCUT2D eigenvalue weighted by atomic mass is 35.5. The van der Waals surface area contributed by atoms with Crippen molar-refractivity contribution in [1.29, 1.82) is 0 Å². The van der Waals surface area contributed by atoms with Crippen molar-refractivity contribution in [2.24, 2.45) is 5.92 Å². The Bertz CT molecular complexity index is 758. The number of nitrogens with zero attached hydrogens (tertiary/aromatic N) is 1. The average molecular weight is 366 g/mol. The minimum absolute atomic E-state index is 0.120. The Labute approximate surface area is 150 Å². The predicted octanol–water partition coefficient (Wildman–Crippen LogP) is 4.20. The van der Waals surface area contributed by atoms with Crippen LogP contribution in [0, 0.1) is 5.92 Å². The zero-order valence-corrected chi connectivity index (χ0v) is 14.9. The van der Waals surface area contributed by atoms with Crippen LogP contribution in [0.25, 0.3) is 10.1 Å². The number of carbonyl (C=O) groups is 2. The van der Waals surface area contributed by atoms with Gasteiger partial charge in [-0.1, -0.05) is 11.6 Å². The zero-order chi connectivity index (χ0) is 17.1. The molecule has 1 amide bonds. The fourth-order valence-corrected chi connectivity index (χ4v) is 4.44. The van der Waals surface area contributed by atoms with Gasteiger partial charge in [-0.15, -0.1) is 11.3 Å². The topological polar surface area (TPSA) is 57.6 Å². The second kappa shape index (κ2) is 7.53. The van der Waals surface area contributed by atoms with Crippen LogP contribution < -0.4 is 0 Å². The van der Waals surface area contributed by atoms with E-state index < -0.39 is 5.97 Å². The fraction of sp³-hybridized carbons (Fsp3) is 0.444. The Morgan fingerprint density at radius 2 is 2.21 bits per heavy atom. The van der Waals surface area contributed by atoms with Gasteiger partial charge in [-0.05, 0) is 59.7 Å². The minimum atomic E-state index is -0.764. The Balaban J connectivity index is 1.65. The minimum Gasteiger partial charge on any atom is -0.481 e. The van der Waals surface area contributed by atoms with Crippen LogP contribution in [0.5, 0.6) is 0 Å². The first-order chi connectivity index (χ1) is 11.5. The maximum Gasteiger partial charge on any atom is 0.303 e. The van der Waals surface area contributed by atoms with Gasteiger partial charge in [0.15, 0.2) is 0 Å². The SMILES string of the molecule is O=C(O)CCC1CCCN(C(=O)Cc2csc3ccc(Cl)cc23)C1. The van der Waals surface area contributed by atoms with Crippen molar-refractivity contribution in [2.45, 2.75) is 32.1 Å². The van der Waals surface area contributed by atoms with E-state index in [-0.39, 0.29) is 12.3 Å². The molecule has 2 heterocycles. The lowest BCUT2D eigenvalue weighted by Crippen LogP contribution is -2.40. The van der Waals surface area contributed by atoms with E-state index in [1.165, 1.54) is 0 Å². The highest BCUT2D eigenvalue weighted by Crippen LogP contribution is 2.30. The van der Waals surface area contributed by atoms with E-state index in [0.717, 1.165) is 35.0 Å². The Morgan fingerprint density at radius 3 is 3.00 bits per heavy atom. The van der Waals surface area contributed by atoms with Crippen LogP contribution in [0.2, 0.25) is 5.02 Å². The summed E-state index contributed by atoms with van der Waals surface area (Å²) in [7, 11) is 0. The molecule has 2 aromatic rings.